The van der Waals surface area contributed by atoms with Crippen LogP contribution >= 0.6 is 27.3 Å². The summed E-state index contributed by atoms with van der Waals surface area (Å²) in [6.45, 7) is 0. The van der Waals surface area contributed by atoms with Crippen molar-refractivity contribution in [2.45, 2.75) is 4.90 Å². The molecule has 3 aromatic rings. The van der Waals surface area contributed by atoms with Gasteiger partial charge in [0.2, 0.25) is 0 Å². The van der Waals surface area contributed by atoms with Crippen LogP contribution in [-0.2, 0) is 10.0 Å². The average Bonchev–Trinajstić information content (AvgIpc) is 3.14. The number of anilines is 2. The number of methoxy groups -OCH3 is 1. The van der Waals surface area contributed by atoms with Gasteiger partial charge in [0, 0.05) is 21.7 Å². The molecule has 0 radical (unpaired) electrons. The first-order valence-electron chi connectivity index (χ1n) is 7.56. The maximum atomic E-state index is 12.5. The van der Waals surface area contributed by atoms with Gasteiger partial charge in [-0.25, -0.2) is 13.4 Å². The Hall–Kier alpha value is -2.43. The first-order chi connectivity index (χ1) is 12.9. The highest BCUT2D eigenvalue weighted by Crippen LogP contribution is 2.25. The fourth-order valence-electron chi connectivity index (χ4n) is 2.22. The first kappa shape index (κ1) is 19.3. The molecule has 0 aliphatic carbocycles. The molecule has 140 valence electrons. The highest BCUT2D eigenvalue weighted by Gasteiger charge is 2.17. The zero-order chi connectivity index (χ0) is 19.4. The number of sulfonamides is 1. The van der Waals surface area contributed by atoms with Gasteiger partial charge in [-0.05, 0) is 42.5 Å². The number of aromatic nitrogens is 1. The van der Waals surface area contributed by atoms with Crippen LogP contribution in [0.25, 0.3) is 0 Å². The first-order valence-corrected chi connectivity index (χ1v) is 10.7. The Morgan fingerprint density at radius 2 is 1.93 bits per heavy atom. The number of halogens is 1. The summed E-state index contributed by atoms with van der Waals surface area (Å²) >= 11 is 4.51. The number of nitrogens with one attached hydrogen (secondary N) is 2. The van der Waals surface area contributed by atoms with Crippen molar-refractivity contribution in [1.29, 1.82) is 0 Å². The van der Waals surface area contributed by atoms with Gasteiger partial charge in [-0.2, -0.15) is 0 Å². The van der Waals surface area contributed by atoms with Crippen molar-refractivity contribution in [3.05, 3.63) is 64.1 Å². The number of carbonyl (C=O) groups excluding carboxylic acids is 1. The van der Waals surface area contributed by atoms with Crippen molar-refractivity contribution in [2.75, 3.05) is 17.1 Å². The molecule has 2 aromatic carbocycles. The van der Waals surface area contributed by atoms with Crippen LogP contribution in [0, 0.1) is 0 Å². The van der Waals surface area contributed by atoms with Gasteiger partial charge in [-0.15, -0.1) is 11.3 Å². The largest absolute Gasteiger partial charge is 0.496 e. The topological polar surface area (TPSA) is 97.4 Å². The number of nitrogens with zero attached hydrogens (tertiary/aromatic N) is 1. The number of rotatable bonds is 6. The molecule has 27 heavy (non-hydrogen) atoms. The van der Waals surface area contributed by atoms with Crippen LogP contribution < -0.4 is 14.8 Å². The van der Waals surface area contributed by atoms with Gasteiger partial charge < -0.3 is 10.1 Å². The number of carbonyl (C=O) groups is 1. The summed E-state index contributed by atoms with van der Waals surface area (Å²) in [5.74, 6) is 0.0622. The fourth-order valence-corrected chi connectivity index (χ4v) is 4.37. The fraction of sp³-hybridized carbons (Fsp3) is 0.0588. The summed E-state index contributed by atoms with van der Waals surface area (Å²) in [6.07, 6.45) is 1.51. The lowest BCUT2D eigenvalue weighted by atomic mass is 10.2. The van der Waals surface area contributed by atoms with Gasteiger partial charge in [0.1, 0.15) is 5.75 Å². The number of hydrogen-bond acceptors (Lipinski definition) is 6. The Morgan fingerprint density at radius 1 is 1.19 bits per heavy atom. The van der Waals surface area contributed by atoms with Gasteiger partial charge in [0.25, 0.3) is 15.9 Å². The molecule has 1 amide bonds. The summed E-state index contributed by atoms with van der Waals surface area (Å²) in [5, 5.41) is 4.68. The highest BCUT2D eigenvalue weighted by molar-refractivity contribution is 9.10. The van der Waals surface area contributed by atoms with E-state index in [1.165, 1.54) is 48.9 Å². The minimum Gasteiger partial charge on any atom is -0.496 e. The molecule has 1 heterocycles. The second kappa shape index (κ2) is 8.07. The molecule has 10 heteroatoms. The zero-order valence-electron chi connectivity index (χ0n) is 14.0. The van der Waals surface area contributed by atoms with Gasteiger partial charge in [-0.1, -0.05) is 15.9 Å². The monoisotopic (exact) mass is 467 g/mol. The van der Waals surface area contributed by atoms with Crippen LogP contribution in [0.2, 0.25) is 0 Å². The number of amides is 1. The molecular weight excluding hydrogens is 454 g/mol. The molecule has 0 aliphatic rings. The van der Waals surface area contributed by atoms with Crippen LogP contribution in [0.4, 0.5) is 10.8 Å². The van der Waals surface area contributed by atoms with E-state index in [2.05, 4.69) is 31.0 Å². The third-order valence-electron chi connectivity index (χ3n) is 3.48. The van der Waals surface area contributed by atoms with Gasteiger partial charge in [0.15, 0.2) is 5.13 Å². The molecule has 0 aliphatic heterocycles. The van der Waals surface area contributed by atoms with E-state index in [0.29, 0.717) is 17.0 Å². The van der Waals surface area contributed by atoms with Crippen molar-refractivity contribution in [2.24, 2.45) is 0 Å². The number of thiazole rings is 1. The molecule has 7 nitrogen and oxygen atoms in total. The van der Waals surface area contributed by atoms with Gasteiger partial charge in [0.05, 0.1) is 17.6 Å². The van der Waals surface area contributed by atoms with E-state index >= 15 is 0 Å². The minimum absolute atomic E-state index is 0.0655. The van der Waals surface area contributed by atoms with Crippen LogP contribution in [0.15, 0.2) is 63.4 Å². The third-order valence-corrected chi connectivity index (χ3v) is 6.15. The van der Waals surface area contributed by atoms with Crippen LogP contribution in [0.3, 0.4) is 0 Å². The Labute approximate surface area is 168 Å². The van der Waals surface area contributed by atoms with Gasteiger partial charge >= 0.3 is 0 Å². The highest BCUT2D eigenvalue weighted by atomic mass is 79.9. The van der Waals surface area contributed by atoms with E-state index in [1.807, 2.05) is 0 Å². The summed E-state index contributed by atoms with van der Waals surface area (Å²) in [4.78, 5) is 16.5. The molecular formula is C17H14BrN3O4S2. The molecule has 0 bridgehead atoms. The molecule has 0 unspecified atom stereocenters. The third kappa shape index (κ3) is 4.65. The van der Waals surface area contributed by atoms with E-state index in [0.717, 1.165) is 4.47 Å². The summed E-state index contributed by atoms with van der Waals surface area (Å²) < 4.78 is 33.0. The minimum atomic E-state index is -3.74. The van der Waals surface area contributed by atoms with Crippen molar-refractivity contribution >= 4 is 54.0 Å². The Balaban J connectivity index is 1.76. The lowest BCUT2D eigenvalue weighted by molar-refractivity contribution is 0.102. The lowest BCUT2D eigenvalue weighted by Crippen LogP contribution is -2.14. The SMILES string of the molecule is COc1ccc(Br)cc1C(=O)Nc1ccc(S(=O)(=O)Nc2nccs2)cc1. The summed E-state index contributed by atoms with van der Waals surface area (Å²) in [7, 11) is -2.26. The summed E-state index contributed by atoms with van der Waals surface area (Å²) in [6, 6.07) is 10.9. The standard InChI is InChI=1S/C17H14BrN3O4S2/c1-25-15-7-2-11(18)10-14(15)16(22)20-12-3-5-13(6-4-12)27(23,24)21-17-19-8-9-26-17/h2-10H,1H3,(H,19,21)(H,20,22). The van der Waals surface area contributed by atoms with Crippen molar-refractivity contribution in [3.63, 3.8) is 0 Å². The van der Waals surface area contributed by atoms with E-state index in [9.17, 15) is 13.2 Å². The molecule has 0 saturated carbocycles. The predicted molar refractivity (Wildman–Crippen MR) is 108 cm³/mol. The Morgan fingerprint density at radius 3 is 2.56 bits per heavy atom. The van der Waals surface area contributed by atoms with Crippen molar-refractivity contribution < 1.29 is 17.9 Å². The van der Waals surface area contributed by atoms with Gasteiger partial charge in [-0.3, -0.25) is 9.52 Å². The maximum Gasteiger partial charge on any atom is 0.263 e. The van der Waals surface area contributed by atoms with Crippen molar-refractivity contribution in [1.82, 2.24) is 4.98 Å². The molecule has 0 spiro atoms. The van der Waals surface area contributed by atoms with Crippen LogP contribution in [-0.4, -0.2) is 26.4 Å². The molecule has 0 saturated heterocycles. The number of hydrogen-bond donors (Lipinski definition) is 2. The van der Waals surface area contributed by atoms with Crippen LogP contribution in [0.5, 0.6) is 5.75 Å². The predicted octanol–water partition coefficient (Wildman–Crippen LogP) is 3.97. The molecule has 1 aromatic heterocycles. The number of ether oxygens (including phenoxy) is 1. The quantitative estimate of drug-likeness (QED) is 0.571. The second-order valence-electron chi connectivity index (χ2n) is 5.27. The Bertz CT molecular complexity index is 1050. The Kier molecular flexibility index (Phi) is 5.78. The molecule has 0 fully saturated rings. The van der Waals surface area contributed by atoms with E-state index in [-0.39, 0.29) is 15.9 Å². The molecule has 3 rings (SSSR count). The van der Waals surface area contributed by atoms with E-state index in [4.69, 9.17) is 4.74 Å². The van der Waals surface area contributed by atoms with E-state index < -0.39 is 10.0 Å². The molecule has 2 N–H and O–H groups in total. The second-order valence-corrected chi connectivity index (χ2v) is 8.76. The summed E-state index contributed by atoms with van der Waals surface area (Å²) in [5.41, 5.74) is 0.809. The lowest BCUT2D eigenvalue weighted by Gasteiger charge is -2.10. The zero-order valence-corrected chi connectivity index (χ0v) is 17.2. The molecule has 0 atom stereocenters. The smallest absolute Gasteiger partial charge is 0.263 e. The maximum absolute atomic E-state index is 12.5. The van der Waals surface area contributed by atoms with Crippen LogP contribution in [0.1, 0.15) is 10.4 Å². The normalized spacial score (nSPS) is 11.0. The number of benzene rings is 2. The van der Waals surface area contributed by atoms with Crippen molar-refractivity contribution in [3.8, 4) is 5.75 Å². The van der Waals surface area contributed by atoms with E-state index in [1.54, 1.807) is 23.6 Å². The average molecular weight is 468 g/mol.